The highest BCUT2D eigenvalue weighted by molar-refractivity contribution is 7.92. The van der Waals surface area contributed by atoms with Crippen molar-refractivity contribution in [3.63, 3.8) is 0 Å². The van der Waals surface area contributed by atoms with Crippen molar-refractivity contribution < 1.29 is 27.2 Å². The Morgan fingerprint density at radius 1 is 0.971 bits per heavy atom. The summed E-state index contributed by atoms with van der Waals surface area (Å²) in [7, 11) is -4.23. The highest BCUT2D eigenvalue weighted by Gasteiger charge is 2.40. The van der Waals surface area contributed by atoms with E-state index in [4.69, 9.17) is 4.42 Å². The lowest BCUT2D eigenvalue weighted by atomic mass is 10.2. The number of furan rings is 1. The number of nitrogens with one attached hydrogen (secondary N) is 1. The summed E-state index contributed by atoms with van der Waals surface area (Å²) in [5.74, 6) is -1.49. The molecule has 0 aliphatic carbocycles. The van der Waals surface area contributed by atoms with Gasteiger partial charge in [0.05, 0.1) is 16.0 Å². The summed E-state index contributed by atoms with van der Waals surface area (Å²) < 4.78 is 32.0. The molecule has 1 aliphatic heterocycles. The van der Waals surface area contributed by atoms with E-state index in [1.807, 2.05) is 6.92 Å². The number of hydrogen-bond acceptors (Lipinski definition) is 7. The Hall–Kier alpha value is -3.44. The van der Waals surface area contributed by atoms with Gasteiger partial charge in [-0.05, 0) is 42.6 Å². The van der Waals surface area contributed by atoms with Crippen LogP contribution < -0.4 is 5.32 Å². The highest BCUT2D eigenvalue weighted by atomic mass is 32.2. The van der Waals surface area contributed by atoms with E-state index in [1.54, 1.807) is 41.8 Å². The third-order valence-electron chi connectivity index (χ3n) is 5.50. The quantitative estimate of drug-likeness (QED) is 0.553. The number of carbonyl (C=O) groups is 3. The van der Waals surface area contributed by atoms with Gasteiger partial charge in [-0.1, -0.05) is 23.8 Å². The van der Waals surface area contributed by atoms with Crippen LogP contribution in [0.15, 0.2) is 69.5 Å². The summed E-state index contributed by atoms with van der Waals surface area (Å²) in [5, 5.41) is 2.32. The molecule has 0 bridgehead atoms. The first-order valence-electron chi connectivity index (χ1n) is 10.5. The van der Waals surface area contributed by atoms with Gasteiger partial charge in [-0.2, -0.15) is 0 Å². The molecule has 4 rings (SSSR count). The zero-order chi connectivity index (χ0) is 24.3. The Kier molecular flexibility index (Phi) is 6.85. The molecule has 34 heavy (non-hydrogen) atoms. The molecule has 0 saturated carbocycles. The smallest absolute Gasteiger partial charge is 0.289 e. The van der Waals surface area contributed by atoms with Gasteiger partial charge in [0.15, 0.2) is 5.76 Å². The second-order valence-electron chi connectivity index (χ2n) is 7.78. The second kappa shape index (κ2) is 9.82. The fourth-order valence-electron chi connectivity index (χ4n) is 3.59. The molecule has 1 atom stereocenters. The van der Waals surface area contributed by atoms with Gasteiger partial charge in [0.1, 0.15) is 0 Å². The van der Waals surface area contributed by atoms with Crippen LogP contribution in [0.25, 0.3) is 0 Å². The maximum Gasteiger partial charge on any atom is 0.289 e. The van der Waals surface area contributed by atoms with Crippen LogP contribution in [-0.2, 0) is 14.6 Å². The van der Waals surface area contributed by atoms with Crippen molar-refractivity contribution in [3.05, 3.63) is 76.4 Å². The van der Waals surface area contributed by atoms with Gasteiger partial charge < -0.3 is 19.5 Å². The molecular formula is C23H23N3O6S2. The monoisotopic (exact) mass is 501 g/mol. The van der Waals surface area contributed by atoms with Crippen LogP contribution in [0, 0.1) is 6.92 Å². The van der Waals surface area contributed by atoms with Gasteiger partial charge in [0.2, 0.25) is 15.2 Å². The van der Waals surface area contributed by atoms with E-state index in [9.17, 15) is 22.8 Å². The van der Waals surface area contributed by atoms with Gasteiger partial charge in [0.25, 0.3) is 17.7 Å². The molecule has 1 aliphatic rings. The van der Waals surface area contributed by atoms with Crippen molar-refractivity contribution in [2.75, 3.05) is 26.2 Å². The molecule has 2 aromatic heterocycles. The molecule has 3 aromatic rings. The summed E-state index contributed by atoms with van der Waals surface area (Å²) in [5.41, 5.74) is 0.863. The second-order valence-corrected chi connectivity index (χ2v) is 10.8. The summed E-state index contributed by atoms with van der Waals surface area (Å²) in [6.07, 6.45) is 1.41. The molecule has 11 heteroatoms. The molecule has 9 nitrogen and oxygen atoms in total. The molecule has 0 spiro atoms. The van der Waals surface area contributed by atoms with Gasteiger partial charge in [-0.15, -0.1) is 11.3 Å². The third kappa shape index (κ3) is 4.90. The SMILES string of the molecule is Cc1ccc(S(=O)(=O)C(NC(=O)c2cccs2)C(=O)N2CCN(C(=O)c3ccco3)CC2)cc1. The van der Waals surface area contributed by atoms with Crippen LogP contribution in [-0.4, -0.2) is 67.5 Å². The predicted octanol–water partition coefficient (Wildman–Crippen LogP) is 2.16. The number of thiophene rings is 1. The van der Waals surface area contributed by atoms with Gasteiger partial charge >= 0.3 is 0 Å². The summed E-state index contributed by atoms with van der Waals surface area (Å²) >= 11 is 1.15. The molecule has 0 radical (unpaired) electrons. The first-order valence-corrected chi connectivity index (χ1v) is 13.0. The predicted molar refractivity (Wildman–Crippen MR) is 125 cm³/mol. The normalized spacial score (nSPS) is 15.1. The number of hydrogen-bond donors (Lipinski definition) is 1. The van der Waals surface area contributed by atoms with Crippen molar-refractivity contribution in [1.29, 1.82) is 0 Å². The fraction of sp³-hybridized carbons (Fsp3) is 0.261. The highest BCUT2D eigenvalue weighted by Crippen LogP contribution is 2.20. The molecule has 1 saturated heterocycles. The van der Waals surface area contributed by atoms with Crippen LogP contribution in [0.5, 0.6) is 0 Å². The largest absolute Gasteiger partial charge is 0.459 e. The van der Waals surface area contributed by atoms with Gasteiger partial charge in [0, 0.05) is 26.2 Å². The topological polar surface area (TPSA) is 117 Å². The van der Waals surface area contributed by atoms with E-state index >= 15 is 0 Å². The molecule has 1 unspecified atom stereocenters. The van der Waals surface area contributed by atoms with Crippen molar-refractivity contribution in [3.8, 4) is 0 Å². The summed E-state index contributed by atoms with van der Waals surface area (Å²) in [6, 6.07) is 12.5. The van der Waals surface area contributed by atoms with E-state index in [2.05, 4.69) is 5.32 Å². The lowest BCUT2D eigenvalue weighted by molar-refractivity contribution is -0.132. The Morgan fingerprint density at radius 2 is 1.65 bits per heavy atom. The van der Waals surface area contributed by atoms with Crippen LogP contribution in [0.3, 0.4) is 0 Å². The van der Waals surface area contributed by atoms with E-state index in [0.29, 0.717) is 4.88 Å². The number of aryl methyl sites for hydroxylation is 1. The zero-order valence-electron chi connectivity index (χ0n) is 18.3. The Morgan fingerprint density at radius 3 is 2.24 bits per heavy atom. The molecule has 178 valence electrons. The maximum atomic E-state index is 13.4. The third-order valence-corrected chi connectivity index (χ3v) is 8.24. The van der Waals surface area contributed by atoms with Gasteiger partial charge in [-0.3, -0.25) is 14.4 Å². The van der Waals surface area contributed by atoms with Crippen molar-refractivity contribution >= 4 is 38.9 Å². The zero-order valence-corrected chi connectivity index (χ0v) is 20.0. The average molecular weight is 502 g/mol. The maximum absolute atomic E-state index is 13.4. The molecule has 1 N–H and O–H groups in total. The molecule has 1 fully saturated rings. The first-order chi connectivity index (χ1) is 16.3. The van der Waals surface area contributed by atoms with Crippen molar-refractivity contribution in [1.82, 2.24) is 15.1 Å². The fourth-order valence-corrected chi connectivity index (χ4v) is 5.68. The van der Waals surface area contributed by atoms with Crippen LogP contribution in [0.2, 0.25) is 0 Å². The van der Waals surface area contributed by atoms with E-state index in [0.717, 1.165) is 16.9 Å². The number of nitrogens with zero attached hydrogens (tertiary/aromatic N) is 2. The Labute approximate surface area is 200 Å². The molecule has 1 aromatic carbocycles. The van der Waals surface area contributed by atoms with E-state index in [-0.39, 0.29) is 42.7 Å². The number of rotatable bonds is 6. The summed E-state index contributed by atoms with van der Waals surface area (Å²) in [4.78, 5) is 41.7. The molecule has 3 amide bonds. The number of sulfone groups is 1. The Bertz CT molecular complexity index is 1260. The minimum Gasteiger partial charge on any atom is -0.459 e. The lowest BCUT2D eigenvalue weighted by Crippen LogP contribution is -2.57. The minimum absolute atomic E-state index is 0.0606. The van der Waals surface area contributed by atoms with Crippen LogP contribution in [0.1, 0.15) is 25.8 Å². The summed E-state index contributed by atoms with van der Waals surface area (Å²) in [6.45, 7) is 2.49. The number of benzene rings is 1. The Balaban J connectivity index is 1.55. The first kappa shape index (κ1) is 23.7. The average Bonchev–Trinajstić information content (AvgIpc) is 3.57. The molecular weight excluding hydrogens is 478 g/mol. The van der Waals surface area contributed by atoms with Crippen LogP contribution in [0.4, 0.5) is 0 Å². The van der Waals surface area contributed by atoms with E-state index in [1.165, 1.54) is 28.2 Å². The van der Waals surface area contributed by atoms with Crippen molar-refractivity contribution in [2.45, 2.75) is 17.2 Å². The molecule has 3 heterocycles. The standard InChI is InChI=1S/C23H23N3O6S2/c1-16-6-8-17(9-7-16)34(30,31)21(24-20(27)19-5-3-15-33-19)23(29)26-12-10-25(11-13-26)22(28)18-4-2-14-32-18/h2-9,14-15,21H,10-13H2,1H3,(H,24,27). The minimum atomic E-state index is -4.23. The number of piperazine rings is 1. The van der Waals surface area contributed by atoms with Gasteiger partial charge in [-0.25, -0.2) is 8.42 Å². The van der Waals surface area contributed by atoms with Crippen LogP contribution >= 0.6 is 11.3 Å². The number of amides is 3. The lowest BCUT2D eigenvalue weighted by Gasteiger charge is -2.36. The van der Waals surface area contributed by atoms with Crippen molar-refractivity contribution in [2.24, 2.45) is 0 Å². The van der Waals surface area contributed by atoms with E-state index < -0.39 is 27.0 Å². The number of carbonyl (C=O) groups excluding carboxylic acids is 3.